The van der Waals surface area contributed by atoms with Crippen molar-refractivity contribution in [1.29, 1.82) is 0 Å². The van der Waals surface area contributed by atoms with Gasteiger partial charge in [-0.15, -0.1) is 0 Å². The summed E-state index contributed by atoms with van der Waals surface area (Å²) in [7, 11) is 0. The first-order valence-corrected chi connectivity index (χ1v) is 2.21. The summed E-state index contributed by atoms with van der Waals surface area (Å²) in [6.07, 6.45) is 0. The largest absolute Gasteiger partial charge is 2.00 e. The van der Waals surface area contributed by atoms with E-state index in [1.165, 1.54) is 0 Å². The number of hydrogen-bond donors (Lipinski definition) is 4. The fraction of sp³-hybridized carbons (Fsp3) is 0. The van der Waals surface area contributed by atoms with Gasteiger partial charge in [0.2, 0.25) is 0 Å². The van der Waals surface area contributed by atoms with Crippen LogP contribution < -0.4 is 0 Å². The van der Waals surface area contributed by atoms with Gasteiger partial charge in [-0.25, -0.2) is 19.2 Å². The number of carboxylic acids is 4. The van der Waals surface area contributed by atoms with Crippen molar-refractivity contribution in [2.24, 2.45) is 0 Å². The second kappa shape index (κ2) is 16.5. The fourth-order valence-electron chi connectivity index (χ4n) is 0. The third-order valence-electron chi connectivity index (χ3n) is 0.366. The van der Waals surface area contributed by atoms with Gasteiger partial charge < -0.3 is 25.9 Å². The van der Waals surface area contributed by atoms with Gasteiger partial charge in [0.15, 0.2) is 0 Å². The molecule has 0 fully saturated rings. The van der Waals surface area contributed by atoms with Crippen LogP contribution in [0.2, 0.25) is 0 Å². The van der Waals surface area contributed by atoms with Gasteiger partial charge in [-0.1, -0.05) is 0 Å². The quantitative estimate of drug-likeness (QED) is 0.269. The van der Waals surface area contributed by atoms with E-state index in [9.17, 15) is 0 Å². The maximum Gasteiger partial charge on any atom is 2.00 e. The zero-order valence-electron chi connectivity index (χ0n) is 7.13. The molecule has 0 bridgehead atoms. The van der Waals surface area contributed by atoms with Crippen LogP contribution in [-0.2, 0) is 40.9 Å². The Morgan fingerprint density at radius 1 is 0.600 bits per heavy atom. The standard InChI is InChI=1S/2C2H2O4.H2O.Sr.Ti/c2*3-1(4)2(5)6;;;/h2*(H,3,4)(H,5,6);1H2;;/q;;;+2;. The van der Waals surface area contributed by atoms with Gasteiger partial charge >= 0.3 is 69.4 Å². The van der Waals surface area contributed by atoms with Crippen LogP contribution in [0.4, 0.5) is 0 Å². The van der Waals surface area contributed by atoms with Crippen LogP contribution >= 0.6 is 0 Å². The second-order valence-corrected chi connectivity index (χ2v) is 1.22. The molecule has 0 atom stereocenters. The minimum absolute atomic E-state index is 0. The molecule has 0 aliphatic heterocycles. The zero-order chi connectivity index (χ0) is 10.3. The number of hydrogen-bond acceptors (Lipinski definition) is 4. The van der Waals surface area contributed by atoms with E-state index in [1.54, 1.807) is 0 Å². The third-order valence-corrected chi connectivity index (χ3v) is 0.366. The summed E-state index contributed by atoms with van der Waals surface area (Å²) in [6.45, 7) is 0. The Morgan fingerprint density at radius 2 is 0.667 bits per heavy atom. The number of rotatable bonds is 0. The van der Waals surface area contributed by atoms with Gasteiger partial charge in [0, 0.05) is 21.7 Å². The summed E-state index contributed by atoms with van der Waals surface area (Å²) in [5.74, 6) is -7.30. The molecule has 0 aromatic heterocycles. The Kier molecular flexibility index (Phi) is 32.3. The van der Waals surface area contributed by atoms with E-state index in [1.807, 2.05) is 0 Å². The van der Waals surface area contributed by atoms with Crippen molar-refractivity contribution in [3.05, 3.63) is 0 Å². The van der Waals surface area contributed by atoms with Crippen molar-refractivity contribution in [3.8, 4) is 0 Å². The number of carboxylic acid groups (broad SMARTS) is 4. The van der Waals surface area contributed by atoms with Crippen LogP contribution in [-0.4, -0.2) is 95.3 Å². The predicted molar refractivity (Wildman–Crippen MR) is 39.9 cm³/mol. The molecule has 0 spiro atoms. The minimum atomic E-state index is -1.82. The molecule has 9 nitrogen and oxygen atoms in total. The SMILES string of the molecule is O.O=C(O)C(=O)O.O=C(O)C(=O)O.[Sr+2].[Ti]. The first-order valence-electron chi connectivity index (χ1n) is 2.21. The normalized spacial score (nSPS) is 5.87. The molecule has 0 heterocycles. The van der Waals surface area contributed by atoms with E-state index in [0.717, 1.165) is 0 Å². The topological polar surface area (TPSA) is 181 Å². The predicted octanol–water partition coefficient (Wildman–Crippen LogP) is -2.90. The van der Waals surface area contributed by atoms with Crippen LogP contribution in [0, 0.1) is 0 Å². The molecule has 11 heteroatoms. The maximum atomic E-state index is 9.10. The van der Waals surface area contributed by atoms with Crippen LogP contribution in [0.15, 0.2) is 0 Å². The molecule has 6 N–H and O–H groups in total. The Balaban J connectivity index is -0.0000000370. The van der Waals surface area contributed by atoms with Gasteiger partial charge in [-0.2, -0.15) is 0 Å². The van der Waals surface area contributed by atoms with Crippen molar-refractivity contribution in [1.82, 2.24) is 0 Å². The van der Waals surface area contributed by atoms with Crippen LogP contribution in [0.3, 0.4) is 0 Å². The number of carbonyl (C=O) groups is 4. The molecule has 0 aromatic rings. The molecule has 0 aliphatic carbocycles. The summed E-state index contributed by atoms with van der Waals surface area (Å²) < 4.78 is 0. The van der Waals surface area contributed by atoms with Crippen molar-refractivity contribution in [2.45, 2.75) is 0 Å². The molecule has 0 aromatic carbocycles. The first-order chi connectivity index (χ1) is 5.29. The average Bonchev–Trinajstić information content (AvgIpc) is 1.88. The van der Waals surface area contributed by atoms with E-state index >= 15 is 0 Å². The Hall–Kier alpha value is 0.0348. The van der Waals surface area contributed by atoms with E-state index in [2.05, 4.69) is 0 Å². The molecule has 80 valence electrons. The molecule has 0 rings (SSSR count). The van der Waals surface area contributed by atoms with Crippen LogP contribution in [0.25, 0.3) is 0 Å². The van der Waals surface area contributed by atoms with Crippen molar-refractivity contribution in [2.75, 3.05) is 0 Å². The van der Waals surface area contributed by atoms with Crippen molar-refractivity contribution in [3.63, 3.8) is 0 Å². The Labute approximate surface area is 135 Å². The molecule has 0 saturated heterocycles. The minimum Gasteiger partial charge on any atom is -0.473 e. The molecular formula is C4H6O9SrTi+2. The van der Waals surface area contributed by atoms with E-state index < -0.39 is 23.9 Å². The van der Waals surface area contributed by atoms with Crippen LogP contribution in [0.5, 0.6) is 0 Å². The van der Waals surface area contributed by atoms with Gasteiger partial charge in [-0.05, 0) is 0 Å². The summed E-state index contributed by atoms with van der Waals surface area (Å²) in [6, 6.07) is 0. The van der Waals surface area contributed by atoms with Gasteiger partial charge in [0.1, 0.15) is 0 Å². The van der Waals surface area contributed by atoms with E-state index in [-0.39, 0.29) is 72.7 Å². The van der Waals surface area contributed by atoms with Gasteiger partial charge in [0.25, 0.3) is 0 Å². The first kappa shape index (κ1) is 29.4. The van der Waals surface area contributed by atoms with E-state index in [0.29, 0.717) is 0 Å². The smallest absolute Gasteiger partial charge is 0.473 e. The molecule has 0 radical (unpaired) electrons. The van der Waals surface area contributed by atoms with Crippen molar-refractivity contribution >= 4 is 69.4 Å². The molecule has 15 heavy (non-hydrogen) atoms. The average molecular weight is 334 g/mol. The second-order valence-electron chi connectivity index (χ2n) is 1.22. The molecule has 0 amide bonds. The molecule has 0 aliphatic rings. The Morgan fingerprint density at radius 3 is 0.667 bits per heavy atom. The van der Waals surface area contributed by atoms with Gasteiger partial charge in [-0.3, -0.25) is 0 Å². The Bertz CT molecular complexity index is 178. The monoisotopic (exact) mass is 334 g/mol. The molecule has 0 unspecified atom stereocenters. The summed E-state index contributed by atoms with van der Waals surface area (Å²) in [4.78, 5) is 36.4. The fourth-order valence-corrected chi connectivity index (χ4v) is 0. The van der Waals surface area contributed by atoms with E-state index in [4.69, 9.17) is 39.6 Å². The summed E-state index contributed by atoms with van der Waals surface area (Å²) in [5.41, 5.74) is 0. The van der Waals surface area contributed by atoms with Crippen LogP contribution in [0.1, 0.15) is 0 Å². The number of aliphatic carboxylic acids is 4. The van der Waals surface area contributed by atoms with Gasteiger partial charge in [0.05, 0.1) is 0 Å². The summed E-state index contributed by atoms with van der Waals surface area (Å²) >= 11 is 0. The molecular weight excluding hydrogens is 328 g/mol. The maximum absolute atomic E-state index is 9.10. The third kappa shape index (κ3) is 31.5. The summed E-state index contributed by atoms with van der Waals surface area (Å²) in [5, 5.41) is 29.6. The zero-order valence-corrected chi connectivity index (χ0v) is 12.2. The molecule has 0 saturated carbocycles. The van der Waals surface area contributed by atoms with Crippen molar-refractivity contribution < 1.29 is 66.8 Å².